The fourth-order valence-corrected chi connectivity index (χ4v) is 2.45. The van der Waals surface area contributed by atoms with E-state index >= 15 is 0 Å². The van der Waals surface area contributed by atoms with Crippen LogP contribution in [0, 0.1) is 0 Å². The Morgan fingerprint density at radius 3 is 2.38 bits per heavy atom. The van der Waals surface area contributed by atoms with Gasteiger partial charge in [0.15, 0.2) is 11.5 Å². The number of hydrogen-bond donors (Lipinski definition) is 3. The predicted octanol–water partition coefficient (Wildman–Crippen LogP) is 2.87. The molecule has 122 valence electrons. The molecular formula is C16H10Cl2N2O4. The highest BCUT2D eigenvalue weighted by Gasteiger charge is 2.34. The van der Waals surface area contributed by atoms with Crippen LogP contribution in [0.5, 0.6) is 11.5 Å². The summed E-state index contributed by atoms with van der Waals surface area (Å²) in [6, 6.07) is 8.47. The summed E-state index contributed by atoms with van der Waals surface area (Å²) < 4.78 is 0. The Balaban J connectivity index is 1.95. The van der Waals surface area contributed by atoms with Gasteiger partial charge in [-0.25, -0.2) is 5.01 Å². The van der Waals surface area contributed by atoms with Gasteiger partial charge in [0, 0.05) is 0 Å². The summed E-state index contributed by atoms with van der Waals surface area (Å²) in [5.74, 6) is -1.82. The standard InChI is InChI=1S/C16H10Cl2N2O4/c17-11-3-2-9(7-12(11)18)20-16(24)10(15(23)19-20)5-8-1-4-13(21)14(22)6-8/h1-7,21-22H,(H,19,23)/b10-5+. The van der Waals surface area contributed by atoms with Crippen LogP contribution in [0.3, 0.4) is 0 Å². The van der Waals surface area contributed by atoms with Crippen molar-refractivity contribution in [1.29, 1.82) is 0 Å². The number of hydrazine groups is 1. The van der Waals surface area contributed by atoms with Crippen molar-refractivity contribution < 1.29 is 19.8 Å². The summed E-state index contributed by atoms with van der Waals surface area (Å²) >= 11 is 11.8. The Morgan fingerprint density at radius 1 is 0.958 bits per heavy atom. The molecule has 3 N–H and O–H groups in total. The van der Waals surface area contributed by atoms with Crippen LogP contribution in [0.25, 0.3) is 6.08 Å². The van der Waals surface area contributed by atoms with E-state index in [1.54, 1.807) is 6.07 Å². The van der Waals surface area contributed by atoms with Gasteiger partial charge in [-0.05, 0) is 42.0 Å². The second-order valence-corrected chi connectivity index (χ2v) is 5.80. The van der Waals surface area contributed by atoms with Gasteiger partial charge in [0.2, 0.25) is 0 Å². The molecule has 0 aromatic heterocycles. The van der Waals surface area contributed by atoms with Crippen LogP contribution < -0.4 is 10.4 Å². The highest BCUT2D eigenvalue weighted by molar-refractivity contribution is 6.42. The van der Waals surface area contributed by atoms with Crippen LogP contribution in [0.15, 0.2) is 42.0 Å². The third-order valence-corrected chi connectivity index (χ3v) is 4.10. The van der Waals surface area contributed by atoms with E-state index in [9.17, 15) is 19.8 Å². The minimum Gasteiger partial charge on any atom is -0.504 e. The van der Waals surface area contributed by atoms with Crippen molar-refractivity contribution in [2.24, 2.45) is 0 Å². The third kappa shape index (κ3) is 2.89. The molecule has 2 amide bonds. The molecule has 1 aliphatic rings. The lowest BCUT2D eigenvalue weighted by Gasteiger charge is -2.15. The van der Waals surface area contributed by atoms with Gasteiger partial charge < -0.3 is 10.2 Å². The van der Waals surface area contributed by atoms with E-state index in [0.29, 0.717) is 16.3 Å². The molecule has 0 unspecified atom stereocenters. The molecule has 1 aliphatic heterocycles. The Labute approximate surface area is 146 Å². The van der Waals surface area contributed by atoms with Gasteiger partial charge in [0.25, 0.3) is 11.8 Å². The van der Waals surface area contributed by atoms with E-state index in [1.165, 1.54) is 36.4 Å². The van der Waals surface area contributed by atoms with E-state index in [-0.39, 0.29) is 22.1 Å². The minimum atomic E-state index is -0.598. The Hall–Kier alpha value is -2.70. The minimum absolute atomic E-state index is 0.119. The maximum Gasteiger partial charge on any atom is 0.282 e. The molecule has 0 aliphatic carbocycles. The van der Waals surface area contributed by atoms with Gasteiger partial charge in [-0.3, -0.25) is 15.0 Å². The number of amides is 2. The number of nitrogens with zero attached hydrogens (tertiary/aromatic N) is 1. The quantitative estimate of drug-likeness (QED) is 0.434. The van der Waals surface area contributed by atoms with Crippen molar-refractivity contribution in [3.05, 3.63) is 57.6 Å². The van der Waals surface area contributed by atoms with Gasteiger partial charge in [0.05, 0.1) is 15.7 Å². The zero-order valence-electron chi connectivity index (χ0n) is 12.0. The Morgan fingerprint density at radius 2 is 1.71 bits per heavy atom. The van der Waals surface area contributed by atoms with Crippen LogP contribution in [0.2, 0.25) is 10.0 Å². The van der Waals surface area contributed by atoms with E-state index in [4.69, 9.17) is 23.2 Å². The van der Waals surface area contributed by atoms with Crippen molar-refractivity contribution in [3.8, 4) is 11.5 Å². The molecule has 0 bridgehead atoms. The highest BCUT2D eigenvalue weighted by atomic mass is 35.5. The number of aromatic hydroxyl groups is 2. The van der Waals surface area contributed by atoms with Crippen LogP contribution in [-0.4, -0.2) is 22.0 Å². The number of anilines is 1. The molecule has 0 radical (unpaired) electrons. The summed E-state index contributed by atoms with van der Waals surface area (Å²) in [6.45, 7) is 0. The first kappa shape index (κ1) is 16.2. The van der Waals surface area contributed by atoms with E-state index in [2.05, 4.69) is 5.43 Å². The third-order valence-electron chi connectivity index (χ3n) is 3.36. The molecule has 24 heavy (non-hydrogen) atoms. The Kier molecular flexibility index (Phi) is 4.09. The van der Waals surface area contributed by atoms with E-state index in [1.807, 2.05) is 0 Å². The molecule has 0 atom stereocenters. The van der Waals surface area contributed by atoms with Gasteiger partial charge >= 0.3 is 0 Å². The lowest BCUT2D eigenvalue weighted by Crippen LogP contribution is -2.35. The maximum atomic E-state index is 12.5. The van der Waals surface area contributed by atoms with Crippen molar-refractivity contribution in [2.45, 2.75) is 0 Å². The van der Waals surface area contributed by atoms with Crippen LogP contribution in [0.1, 0.15) is 5.56 Å². The zero-order chi connectivity index (χ0) is 17.4. The van der Waals surface area contributed by atoms with Crippen molar-refractivity contribution in [2.75, 3.05) is 5.01 Å². The number of rotatable bonds is 2. The highest BCUT2D eigenvalue weighted by Crippen LogP contribution is 2.30. The molecule has 3 rings (SSSR count). The maximum absolute atomic E-state index is 12.5. The fourth-order valence-electron chi connectivity index (χ4n) is 2.16. The summed E-state index contributed by atoms with van der Waals surface area (Å²) in [5, 5.41) is 20.4. The lowest BCUT2D eigenvalue weighted by molar-refractivity contribution is -0.117. The number of carbonyl (C=O) groups excluding carboxylic acids is 2. The number of carbonyl (C=O) groups is 2. The number of nitrogens with one attached hydrogen (secondary N) is 1. The van der Waals surface area contributed by atoms with E-state index < -0.39 is 11.8 Å². The summed E-state index contributed by atoms with van der Waals surface area (Å²) in [6.07, 6.45) is 1.31. The first-order valence-corrected chi connectivity index (χ1v) is 7.46. The summed E-state index contributed by atoms with van der Waals surface area (Å²) in [4.78, 5) is 24.5. The largest absolute Gasteiger partial charge is 0.504 e. The predicted molar refractivity (Wildman–Crippen MR) is 89.8 cm³/mol. The van der Waals surface area contributed by atoms with Crippen LogP contribution in [0.4, 0.5) is 5.69 Å². The van der Waals surface area contributed by atoms with Crippen molar-refractivity contribution in [3.63, 3.8) is 0 Å². The van der Waals surface area contributed by atoms with Gasteiger partial charge in [0.1, 0.15) is 5.57 Å². The molecule has 6 nitrogen and oxygen atoms in total. The second-order valence-electron chi connectivity index (χ2n) is 4.99. The fraction of sp³-hybridized carbons (Fsp3) is 0. The molecule has 2 aromatic carbocycles. The smallest absolute Gasteiger partial charge is 0.282 e. The molecular weight excluding hydrogens is 355 g/mol. The average Bonchev–Trinajstić information content (AvgIpc) is 2.82. The lowest BCUT2D eigenvalue weighted by atomic mass is 10.1. The van der Waals surface area contributed by atoms with E-state index in [0.717, 1.165) is 5.01 Å². The molecule has 0 spiro atoms. The summed E-state index contributed by atoms with van der Waals surface area (Å²) in [5.41, 5.74) is 3.06. The molecule has 0 saturated carbocycles. The van der Waals surface area contributed by atoms with Gasteiger partial charge in [-0.1, -0.05) is 29.3 Å². The van der Waals surface area contributed by atoms with Crippen molar-refractivity contribution >= 4 is 46.8 Å². The average molecular weight is 365 g/mol. The second kappa shape index (κ2) is 6.07. The molecule has 8 heteroatoms. The SMILES string of the molecule is O=C1NN(c2ccc(Cl)c(Cl)c2)C(=O)/C1=C/c1ccc(O)c(O)c1. The molecule has 1 saturated heterocycles. The van der Waals surface area contributed by atoms with Crippen LogP contribution >= 0.6 is 23.2 Å². The Bertz CT molecular complexity index is 896. The molecule has 1 fully saturated rings. The van der Waals surface area contributed by atoms with Gasteiger partial charge in [-0.2, -0.15) is 0 Å². The zero-order valence-corrected chi connectivity index (χ0v) is 13.5. The van der Waals surface area contributed by atoms with Crippen LogP contribution in [-0.2, 0) is 9.59 Å². The first-order chi connectivity index (χ1) is 11.4. The normalized spacial score (nSPS) is 15.9. The number of benzene rings is 2. The van der Waals surface area contributed by atoms with Crippen molar-refractivity contribution in [1.82, 2.24) is 5.43 Å². The monoisotopic (exact) mass is 364 g/mol. The topological polar surface area (TPSA) is 89.9 Å². The van der Waals surface area contributed by atoms with Gasteiger partial charge in [-0.15, -0.1) is 0 Å². The molecule has 1 heterocycles. The number of phenolic OH excluding ortho intramolecular Hbond substituents is 2. The first-order valence-electron chi connectivity index (χ1n) is 6.71. The summed E-state index contributed by atoms with van der Waals surface area (Å²) in [7, 11) is 0. The molecule has 2 aromatic rings. The number of hydrogen-bond acceptors (Lipinski definition) is 4. The number of phenols is 2. The number of halogens is 2.